The average Bonchev–Trinajstić information content (AvgIpc) is 2.60. The molecule has 3 rings (SSSR count). The third-order valence-electron chi connectivity index (χ3n) is 5.68. The summed E-state index contributed by atoms with van der Waals surface area (Å²) in [6, 6.07) is 5.80. The van der Waals surface area contributed by atoms with E-state index in [1.165, 1.54) is 18.9 Å². The lowest BCUT2D eigenvalue weighted by atomic mass is 9.98. The molecule has 0 bridgehead atoms. The molecule has 1 unspecified atom stereocenters. The molecule has 4 nitrogen and oxygen atoms in total. The van der Waals surface area contributed by atoms with E-state index in [9.17, 15) is 9.50 Å². The minimum atomic E-state index is -0.232. The van der Waals surface area contributed by atoms with Gasteiger partial charge in [-0.05, 0) is 51.5 Å². The molecule has 1 atom stereocenters. The Kier molecular flexibility index (Phi) is 6.69. The number of nitrogens with zero attached hydrogens (tertiary/aromatic N) is 3. The number of benzene rings is 1. The maximum Gasteiger partial charge on any atom is 0.129 e. The number of aliphatic hydroxyl groups excluding tert-OH is 1. The van der Waals surface area contributed by atoms with Crippen molar-refractivity contribution in [3.8, 4) is 0 Å². The molecule has 0 aliphatic carbocycles. The van der Waals surface area contributed by atoms with E-state index in [2.05, 4.69) is 21.7 Å². The molecule has 0 spiro atoms. The lowest BCUT2D eigenvalue weighted by molar-refractivity contribution is 0.00572. The standard InChI is InChI=1S/C19H29ClFN3O/c1-22-8-5-15(6-9-22)24-11-10-23(13-16(24)7-12-25)14-17-18(20)3-2-4-19(17)21/h2-4,15-16,25H,5-14H2,1H3. The Morgan fingerprint density at radius 1 is 1.20 bits per heavy atom. The molecule has 2 heterocycles. The van der Waals surface area contributed by atoms with Gasteiger partial charge in [0.1, 0.15) is 5.82 Å². The second kappa shape index (κ2) is 8.78. The molecule has 0 radical (unpaired) electrons. The van der Waals surface area contributed by atoms with Crippen LogP contribution in [-0.4, -0.2) is 78.3 Å². The molecule has 140 valence electrons. The highest BCUT2D eigenvalue weighted by Crippen LogP contribution is 2.26. The summed E-state index contributed by atoms with van der Waals surface area (Å²) in [6.45, 7) is 5.77. The Labute approximate surface area is 155 Å². The average molecular weight is 370 g/mol. The maximum absolute atomic E-state index is 14.1. The molecular formula is C19H29ClFN3O. The first kappa shape index (κ1) is 19.1. The minimum Gasteiger partial charge on any atom is -0.396 e. The van der Waals surface area contributed by atoms with Crippen LogP contribution in [0.15, 0.2) is 18.2 Å². The maximum atomic E-state index is 14.1. The fourth-order valence-electron chi connectivity index (χ4n) is 4.20. The smallest absolute Gasteiger partial charge is 0.129 e. The van der Waals surface area contributed by atoms with Gasteiger partial charge in [-0.15, -0.1) is 0 Å². The second-order valence-electron chi connectivity index (χ2n) is 7.37. The van der Waals surface area contributed by atoms with Gasteiger partial charge in [0.05, 0.1) is 0 Å². The highest BCUT2D eigenvalue weighted by Gasteiger charge is 2.33. The van der Waals surface area contributed by atoms with E-state index >= 15 is 0 Å². The van der Waals surface area contributed by atoms with E-state index in [1.807, 2.05) is 0 Å². The van der Waals surface area contributed by atoms with Crippen LogP contribution in [0.3, 0.4) is 0 Å². The summed E-state index contributed by atoms with van der Waals surface area (Å²) in [7, 11) is 2.18. The zero-order chi connectivity index (χ0) is 17.8. The summed E-state index contributed by atoms with van der Waals surface area (Å²) in [5.74, 6) is -0.232. The summed E-state index contributed by atoms with van der Waals surface area (Å²) in [4.78, 5) is 7.24. The highest BCUT2D eigenvalue weighted by atomic mass is 35.5. The number of hydrogen-bond donors (Lipinski definition) is 1. The van der Waals surface area contributed by atoms with Gasteiger partial charge in [0.15, 0.2) is 0 Å². The van der Waals surface area contributed by atoms with Crippen LogP contribution in [0.2, 0.25) is 5.02 Å². The van der Waals surface area contributed by atoms with Crippen LogP contribution in [0.4, 0.5) is 4.39 Å². The van der Waals surface area contributed by atoms with Crippen molar-refractivity contribution >= 4 is 11.6 Å². The first-order chi connectivity index (χ1) is 12.1. The van der Waals surface area contributed by atoms with E-state index in [-0.39, 0.29) is 12.4 Å². The number of piperidine rings is 1. The van der Waals surface area contributed by atoms with Crippen LogP contribution in [0.1, 0.15) is 24.8 Å². The van der Waals surface area contributed by atoms with Gasteiger partial charge in [0.25, 0.3) is 0 Å². The van der Waals surface area contributed by atoms with Crippen molar-refractivity contribution in [2.24, 2.45) is 0 Å². The third kappa shape index (κ3) is 4.72. The van der Waals surface area contributed by atoms with E-state index in [1.54, 1.807) is 12.1 Å². The van der Waals surface area contributed by atoms with Gasteiger partial charge in [-0.1, -0.05) is 17.7 Å². The largest absolute Gasteiger partial charge is 0.396 e. The lowest BCUT2D eigenvalue weighted by Gasteiger charge is -2.47. The quantitative estimate of drug-likeness (QED) is 0.863. The molecule has 0 amide bonds. The number of hydrogen-bond acceptors (Lipinski definition) is 4. The summed E-state index contributed by atoms with van der Waals surface area (Å²) in [5.41, 5.74) is 0.583. The molecule has 1 N–H and O–H groups in total. The molecule has 2 aliphatic rings. The van der Waals surface area contributed by atoms with Crippen LogP contribution in [-0.2, 0) is 6.54 Å². The van der Waals surface area contributed by atoms with Crippen LogP contribution in [0, 0.1) is 5.82 Å². The van der Waals surface area contributed by atoms with Crippen LogP contribution < -0.4 is 0 Å². The molecule has 0 saturated carbocycles. The molecule has 25 heavy (non-hydrogen) atoms. The third-order valence-corrected chi connectivity index (χ3v) is 6.03. The summed E-state index contributed by atoms with van der Waals surface area (Å²) in [5, 5.41) is 10.0. The number of rotatable bonds is 5. The molecular weight excluding hydrogens is 341 g/mol. The van der Waals surface area contributed by atoms with Gasteiger partial charge in [0.2, 0.25) is 0 Å². The Hall–Kier alpha value is -0.720. The molecule has 2 aliphatic heterocycles. The Bertz CT molecular complexity index is 545. The predicted molar refractivity (Wildman–Crippen MR) is 99.4 cm³/mol. The fourth-order valence-corrected chi connectivity index (χ4v) is 4.42. The SMILES string of the molecule is CN1CCC(N2CCN(Cc3c(F)cccc3Cl)CC2CCO)CC1. The number of piperazine rings is 1. The second-order valence-corrected chi connectivity index (χ2v) is 7.78. The Morgan fingerprint density at radius 2 is 1.96 bits per heavy atom. The fraction of sp³-hybridized carbons (Fsp3) is 0.684. The molecule has 0 aromatic heterocycles. The van der Waals surface area contributed by atoms with E-state index in [4.69, 9.17) is 11.6 Å². The minimum absolute atomic E-state index is 0.197. The van der Waals surface area contributed by atoms with Gasteiger partial charge in [-0.2, -0.15) is 0 Å². The van der Waals surface area contributed by atoms with Crippen molar-refractivity contribution in [2.45, 2.75) is 37.9 Å². The van der Waals surface area contributed by atoms with Gasteiger partial charge < -0.3 is 10.0 Å². The van der Waals surface area contributed by atoms with Crippen molar-refractivity contribution in [3.05, 3.63) is 34.6 Å². The zero-order valence-corrected chi connectivity index (χ0v) is 15.8. The molecule has 2 saturated heterocycles. The molecule has 1 aromatic rings. The first-order valence-electron chi connectivity index (χ1n) is 9.29. The van der Waals surface area contributed by atoms with Crippen molar-refractivity contribution in [2.75, 3.05) is 46.4 Å². The number of likely N-dealkylation sites (tertiary alicyclic amines) is 1. The Balaban J connectivity index is 1.64. The van der Waals surface area contributed by atoms with Gasteiger partial charge in [0, 0.05) is 55.5 Å². The van der Waals surface area contributed by atoms with Gasteiger partial charge in [-0.25, -0.2) is 4.39 Å². The van der Waals surface area contributed by atoms with Crippen molar-refractivity contribution in [1.82, 2.24) is 14.7 Å². The number of aliphatic hydroxyl groups is 1. The summed E-state index contributed by atoms with van der Waals surface area (Å²) < 4.78 is 14.1. The summed E-state index contributed by atoms with van der Waals surface area (Å²) >= 11 is 6.19. The van der Waals surface area contributed by atoms with E-state index < -0.39 is 0 Å². The van der Waals surface area contributed by atoms with E-state index in [0.29, 0.717) is 29.2 Å². The van der Waals surface area contributed by atoms with Gasteiger partial charge >= 0.3 is 0 Å². The monoisotopic (exact) mass is 369 g/mol. The molecule has 2 fully saturated rings. The first-order valence-corrected chi connectivity index (χ1v) is 9.66. The topological polar surface area (TPSA) is 30.0 Å². The lowest BCUT2D eigenvalue weighted by Crippen LogP contribution is -2.58. The van der Waals surface area contributed by atoms with Crippen LogP contribution in [0.25, 0.3) is 0 Å². The highest BCUT2D eigenvalue weighted by molar-refractivity contribution is 6.31. The molecule has 1 aromatic carbocycles. The predicted octanol–water partition coefficient (Wildman–Crippen LogP) is 2.44. The van der Waals surface area contributed by atoms with E-state index in [0.717, 1.165) is 39.1 Å². The Morgan fingerprint density at radius 3 is 2.64 bits per heavy atom. The zero-order valence-electron chi connectivity index (χ0n) is 15.0. The summed E-state index contributed by atoms with van der Waals surface area (Å²) in [6.07, 6.45) is 3.16. The number of halogens is 2. The van der Waals surface area contributed by atoms with Crippen molar-refractivity contribution in [3.63, 3.8) is 0 Å². The molecule has 6 heteroatoms. The van der Waals surface area contributed by atoms with Crippen molar-refractivity contribution < 1.29 is 9.50 Å². The van der Waals surface area contributed by atoms with Crippen LogP contribution in [0.5, 0.6) is 0 Å². The van der Waals surface area contributed by atoms with Gasteiger partial charge in [-0.3, -0.25) is 9.80 Å². The normalized spacial score (nSPS) is 24.7. The van der Waals surface area contributed by atoms with Crippen molar-refractivity contribution in [1.29, 1.82) is 0 Å². The van der Waals surface area contributed by atoms with Crippen LogP contribution >= 0.6 is 11.6 Å².